The van der Waals surface area contributed by atoms with E-state index in [2.05, 4.69) is 41.0 Å². The average Bonchev–Trinajstić information content (AvgIpc) is 2.99. The summed E-state index contributed by atoms with van der Waals surface area (Å²) in [4.78, 5) is 16.9. The Morgan fingerprint density at radius 2 is 2.07 bits per heavy atom. The third-order valence-electron chi connectivity index (χ3n) is 5.38. The Morgan fingerprint density at radius 1 is 1.23 bits per heavy atom. The van der Waals surface area contributed by atoms with Crippen LogP contribution in [0.3, 0.4) is 0 Å². The highest BCUT2D eigenvalue weighted by Crippen LogP contribution is 2.27. The van der Waals surface area contributed by atoms with Crippen molar-refractivity contribution in [1.29, 1.82) is 0 Å². The lowest BCUT2D eigenvalue weighted by molar-refractivity contribution is -0.122. The molecule has 1 aromatic carbocycles. The number of amides is 1. The molecule has 0 saturated heterocycles. The van der Waals surface area contributed by atoms with E-state index < -0.39 is 0 Å². The summed E-state index contributed by atoms with van der Waals surface area (Å²) in [5.74, 6) is 1.12. The Balaban J connectivity index is 1.49. The molecule has 1 aromatic heterocycles. The molecule has 7 nitrogen and oxygen atoms in total. The van der Waals surface area contributed by atoms with Crippen LogP contribution >= 0.6 is 0 Å². The van der Waals surface area contributed by atoms with Crippen molar-refractivity contribution in [3.63, 3.8) is 0 Å². The number of nitrogens with one attached hydrogen (secondary N) is 3. The molecule has 0 bridgehead atoms. The van der Waals surface area contributed by atoms with Crippen LogP contribution in [-0.4, -0.2) is 34.7 Å². The molecule has 2 aromatic rings. The second-order valence-electron chi connectivity index (χ2n) is 7.94. The average molecular weight is 411 g/mol. The van der Waals surface area contributed by atoms with Gasteiger partial charge in [-0.25, -0.2) is 4.99 Å². The maximum absolute atomic E-state index is 12.2. The third-order valence-corrected chi connectivity index (χ3v) is 5.38. The van der Waals surface area contributed by atoms with Gasteiger partial charge in [0.2, 0.25) is 5.91 Å². The summed E-state index contributed by atoms with van der Waals surface area (Å²) in [5.41, 5.74) is 4.17. The highest BCUT2D eigenvalue weighted by atomic mass is 16.1. The van der Waals surface area contributed by atoms with E-state index in [1.165, 1.54) is 5.69 Å². The van der Waals surface area contributed by atoms with Crippen LogP contribution in [0.2, 0.25) is 0 Å². The van der Waals surface area contributed by atoms with Crippen LogP contribution < -0.4 is 16.0 Å². The van der Waals surface area contributed by atoms with Crippen molar-refractivity contribution in [2.45, 2.75) is 59.5 Å². The van der Waals surface area contributed by atoms with Gasteiger partial charge in [0.05, 0.1) is 12.2 Å². The lowest BCUT2D eigenvalue weighted by atomic mass is 9.85. The predicted molar refractivity (Wildman–Crippen MR) is 122 cm³/mol. The van der Waals surface area contributed by atoms with Gasteiger partial charge in [0.1, 0.15) is 0 Å². The van der Waals surface area contributed by atoms with E-state index in [1.54, 1.807) is 0 Å². The first-order valence-corrected chi connectivity index (χ1v) is 11.0. The molecular formula is C23H34N6O. The first kappa shape index (κ1) is 21.9. The summed E-state index contributed by atoms with van der Waals surface area (Å²) < 4.78 is 2.05. The molecule has 30 heavy (non-hydrogen) atoms. The molecule has 1 heterocycles. The minimum Gasteiger partial charge on any atom is -0.357 e. The van der Waals surface area contributed by atoms with E-state index in [4.69, 9.17) is 4.99 Å². The Labute approximate surface area is 179 Å². The van der Waals surface area contributed by atoms with Crippen molar-refractivity contribution >= 4 is 17.6 Å². The number of carbonyl (C=O) groups is 1. The molecule has 0 unspecified atom stereocenters. The molecule has 1 aliphatic carbocycles. The normalized spacial score (nSPS) is 14.3. The molecule has 3 N–H and O–H groups in total. The number of hydrogen-bond donors (Lipinski definition) is 3. The zero-order valence-electron chi connectivity index (χ0n) is 18.4. The van der Waals surface area contributed by atoms with Gasteiger partial charge in [-0.1, -0.05) is 18.6 Å². The van der Waals surface area contributed by atoms with Gasteiger partial charge in [-0.15, -0.1) is 0 Å². The molecule has 1 amide bonds. The van der Waals surface area contributed by atoms with Crippen LogP contribution in [0.1, 0.15) is 49.6 Å². The Kier molecular flexibility index (Phi) is 7.88. The van der Waals surface area contributed by atoms with Crippen molar-refractivity contribution in [2.24, 2.45) is 10.9 Å². The summed E-state index contributed by atoms with van der Waals surface area (Å²) in [7, 11) is 0. The van der Waals surface area contributed by atoms with Gasteiger partial charge in [0, 0.05) is 36.9 Å². The van der Waals surface area contributed by atoms with Gasteiger partial charge < -0.3 is 16.0 Å². The van der Waals surface area contributed by atoms with Gasteiger partial charge in [-0.05, 0) is 63.8 Å². The van der Waals surface area contributed by atoms with Gasteiger partial charge in [0.15, 0.2) is 5.96 Å². The van der Waals surface area contributed by atoms with E-state index >= 15 is 0 Å². The van der Waals surface area contributed by atoms with Crippen LogP contribution in [-0.2, 0) is 17.9 Å². The van der Waals surface area contributed by atoms with E-state index in [0.29, 0.717) is 6.54 Å². The highest BCUT2D eigenvalue weighted by molar-refractivity contribution is 5.93. The Bertz CT molecular complexity index is 868. The first-order valence-electron chi connectivity index (χ1n) is 11.0. The SMILES string of the molecule is CCNC(=NCc1cccc(NC(=O)C2CCC2)c1)NCCCn1nc(C)cc1C. The quantitative estimate of drug-likeness (QED) is 0.336. The van der Waals surface area contributed by atoms with Crippen molar-refractivity contribution in [3.05, 3.63) is 47.3 Å². The standard InChI is InChI=1S/C23H34N6O/c1-4-24-23(25-12-7-13-29-18(3)14-17(2)28-29)26-16-19-8-5-11-21(15-19)27-22(30)20-9-6-10-20/h5,8,11,14-15,20H,4,6-7,9-10,12-13,16H2,1-3H3,(H,27,30)(H2,24,25,26). The number of anilines is 1. The van der Waals surface area contributed by atoms with Gasteiger partial charge >= 0.3 is 0 Å². The second-order valence-corrected chi connectivity index (χ2v) is 7.94. The maximum atomic E-state index is 12.2. The molecule has 0 aliphatic heterocycles. The van der Waals surface area contributed by atoms with Crippen LogP contribution in [0.5, 0.6) is 0 Å². The Morgan fingerprint density at radius 3 is 2.73 bits per heavy atom. The van der Waals surface area contributed by atoms with Crippen LogP contribution in [0.15, 0.2) is 35.3 Å². The first-order chi connectivity index (χ1) is 14.5. The molecule has 1 aliphatic rings. The summed E-state index contributed by atoms with van der Waals surface area (Å²) >= 11 is 0. The zero-order chi connectivity index (χ0) is 21.3. The summed E-state index contributed by atoms with van der Waals surface area (Å²) in [6, 6.07) is 10.0. The number of guanidine groups is 1. The topological polar surface area (TPSA) is 83.3 Å². The fourth-order valence-corrected chi connectivity index (χ4v) is 3.51. The van der Waals surface area contributed by atoms with Crippen LogP contribution in [0.25, 0.3) is 0 Å². The number of carbonyl (C=O) groups excluding carboxylic acids is 1. The van der Waals surface area contributed by atoms with Gasteiger partial charge in [0.25, 0.3) is 0 Å². The van der Waals surface area contributed by atoms with Gasteiger partial charge in [-0.3, -0.25) is 9.48 Å². The number of aliphatic imine (C=N–C) groups is 1. The van der Waals surface area contributed by atoms with E-state index in [1.807, 2.05) is 35.9 Å². The van der Waals surface area contributed by atoms with E-state index in [0.717, 1.165) is 68.2 Å². The minimum absolute atomic E-state index is 0.138. The molecule has 3 rings (SSSR count). The van der Waals surface area contributed by atoms with Crippen molar-refractivity contribution in [2.75, 3.05) is 18.4 Å². The molecule has 7 heteroatoms. The fraction of sp³-hybridized carbons (Fsp3) is 0.522. The molecule has 0 radical (unpaired) electrons. The number of aryl methyl sites for hydroxylation is 3. The molecule has 1 saturated carbocycles. The van der Waals surface area contributed by atoms with Crippen LogP contribution in [0.4, 0.5) is 5.69 Å². The van der Waals surface area contributed by atoms with E-state index in [9.17, 15) is 4.79 Å². The number of nitrogens with zero attached hydrogens (tertiary/aromatic N) is 3. The number of benzene rings is 1. The largest absolute Gasteiger partial charge is 0.357 e. The maximum Gasteiger partial charge on any atom is 0.227 e. The Hall–Kier alpha value is -2.83. The fourth-order valence-electron chi connectivity index (χ4n) is 3.51. The summed E-state index contributed by atoms with van der Waals surface area (Å²) in [6.07, 6.45) is 4.14. The number of aromatic nitrogens is 2. The lowest BCUT2D eigenvalue weighted by Crippen LogP contribution is -2.38. The van der Waals surface area contributed by atoms with E-state index in [-0.39, 0.29) is 11.8 Å². The number of rotatable bonds is 9. The highest BCUT2D eigenvalue weighted by Gasteiger charge is 2.25. The van der Waals surface area contributed by atoms with Crippen molar-refractivity contribution in [1.82, 2.24) is 20.4 Å². The van der Waals surface area contributed by atoms with Crippen molar-refractivity contribution < 1.29 is 4.79 Å². The molecule has 1 fully saturated rings. The van der Waals surface area contributed by atoms with Crippen molar-refractivity contribution in [3.8, 4) is 0 Å². The second kappa shape index (κ2) is 10.8. The predicted octanol–water partition coefficient (Wildman–Crippen LogP) is 3.38. The zero-order valence-corrected chi connectivity index (χ0v) is 18.4. The molecular weight excluding hydrogens is 376 g/mol. The van der Waals surface area contributed by atoms with Crippen LogP contribution in [0, 0.1) is 19.8 Å². The van der Waals surface area contributed by atoms with Gasteiger partial charge in [-0.2, -0.15) is 5.10 Å². The summed E-state index contributed by atoms with van der Waals surface area (Å²) in [6.45, 7) is 9.23. The summed E-state index contributed by atoms with van der Waals surface area (Å²) in [5, 5.41) is 14.2. The molecule has 162 valence electrons. The number of hydrogen-bond acceptors (Lipinski definition) is 3. The molecule has 0 atom stereocenters. The lowest BCUT2D eigenvalue weighted by Gasteiger charge is -2.24. The third kappa shape index (κ3) is 6.34. The monoisotopic (exact) mass is 410 g/mol. The minimum atomic E-state index is 0.138. The smallest absolute Gasteiger partial charge is 0.227 e. The molecule has 0 spiro atoms.